The number of benzene rings is 1. The lowest BCUT2D eigenvalue weighted by Gasteiger charge is -2.07. The number of aryl methyl sites for hydroxylation is 2. The van der Waals surface area contributed by atoms with Gasteiger partial charge in [0, 0.05) is 29.2 Å². The van der Waals surface area contributed by atoms with Crippen LogP contribution < -0.4 is 5.32 Å². The van der Waals surface area contributed by atoms with Crippen LogP contribution in [0, 0.1) is 24.0 Å². The topological polar surface area (TPSA) is 55.2 Å². The van der Waals surface area contributed by atoms with Crippen molar-refractivity contribution in [3.05, 3.63) is 55.8 Å². The summed E-state index contributed by atoms with van der Waals surface area (Å²) >= 11 is 1.69. The fourth-order valence-electron chi connectivity index (χ4n) is 1.74. The molecular weight excluding hydrogens is 248 g/mol. The minimum Gasteiger partial charge on any atom is -0.380 e. The molecule has 1 aromatic carbocycles. The third-order valence-corrected chi connectivity index (χ3v) is 3.72. The standard InChI is InChI=1S/C13H14N2O2S/c1-9-5-11(7-12(6-9)15(16)17)14-8-13-10(2)3-4-18-13/h3-7,14H,8H2,1-2H3. The zero-order valence-corrected chi connectivity index (χ0v) is 11.1. The van der Waals surface area contributed by atoms with Crippen molar-refractivity contribution in [2.24, 2.45) is 0 Å². The number of nitrogens with one attached hydrogen (secondary N) is 1. The van der Waals surface area contributed by atoms with Gasteiger partial charge in [0.2, 0.25) is 0 Å². The molecule has 0 saturated heterocycles. The van der Waals surface area contributed by atoms with E-state index in [1.165, 1.54) is 10.4 Å². The molecule has 2 aromatic rings. The van der Waals surface area contributed by atoms with E-state index in [4.69, 9.17) is 0 Å². The molecule has 5 heteroatoms. The number of hydrogen-bond donors (Lipinski definition) is 1. The molecule has 0 saturated carbocycles. The Kier molecular flexibility index (Phi) is 3.62. The van der Waals surface area contributed by atoms with Gasteiger partial charge in [-0.05, 0) is 42.5 Å². The van der Waals surface area contributed by atoms with E-state index in [0.717, 1.165) is 11.3 Å². The van der Waals surface area contributed by atoms with Crippen LogP contribution in [-0.2, 0) is 6.54 Å². The van der Waals surface area contributed by atoms with Crippen LogP contribution in [0.15, 0.2) is 29.6 Å². The lowest BCUT2D eigenvalue weighted by atomic mass is 10.2. The fraction of sp³-hybridized carbons (Fsp3) is 0.231. The number of nitro benzene ring substituents is 1. The minimum absolute atomic E-state index is 0.125. The fourth-order valence-corrected chi connectivity index (χ4v) is 2.58. The van der Waals surface area contributed by atoms with Crippen LogP contribution in [0.1, 0.15) is 16.0 Å². The van der Waals surface area contributed by atoms with E-state index in [9.17, 15) is 10.1 Å². The Bertz CT molecular complexity index is 578. The summed E-state index contributed by atoms with van der Waals surface area (Å²) in [6.07, 6.45) is 0. The number of non-ortho nitro benzene ring substituents is 1. The van der Waals surface area contributed by atoms with Crippen molar-refractivity contribution >= 4 is 22.7 Å². The predicted molar refractivity (Wildman–Crippen MR) is 74.2 cm³/mol. The molecule has 0 radical (unpaired) electrons. The maximum atomic E-state index is 10.8. The highest BCUT2D eigenvalue weighted by atomic mass is 32.1. The summed E-state index contributed by atoms with van der Waals surface area (Å²) in [6.45, 7) is 4.62. The van der Waals surface area contributed by atoms with Gasteiger partial charge in [0.1, 0.15) is 0 Å². The smallest absolute Gasteiger partial charge is 0.271 e. The van der Waals surface area contributed by atoms with Crippen molar-refractivity contribution in [2.75, 3.05) is 5.32 Å². The van der Waals surface area contributed by atoms with E-state index in [2.05, 4.69) is 18.3 Å². The summed E-state index contributed by atoms with van der Waals surface area (Å²) in [4.78, 5) is 11.7. The van der Waals surface area contributed by atoms with Crippen LogP contribution in [0.25, 0.3) is 0 Å². The molecule has 0 amide bonds. The molecule has 1 aromatic heterocycles. The van der Waals surface area contributed by atoms with Crippen molar-refractivity contribution in [2.45, 2.75) is 20.4 Å². The van der Waals surface area contributed by atoms with Crippen molar-refractivity contribution in [3.8, 4) is 0 Å². The second kappa shape index (κ2) is 5.18. The Morgan fingerprint density at radius 2 is 2.11 bits per heavy atom. The van der Waals surface area contributed by atoms with Gasteiger partial charge >= 0.3 is 0 Å². The molecule has 0 aliphatic rings. The molecular formula is C13H14N2O2S. The lowest BCUT2D eigenvalue weighted by Crippen LogP contribution is -2.00. The van der Waals surface area contributed by atoms with Crippen molar-refractivity contribution in [1.82, 2.24) is 0 Å². The van der Waals surface area contributed by atoms with Crippen molar-refractivity contribution < 1.29 is 4.92 Å². The third kappa shape index (κ3) is 2.87. The van der Waals surface area contributed by atoms with E-state index >= 15 is 0 Å². The maximum absolute atomic E-state index is 10.8. The van der Waals surface area contributed by atoms with Gasteiger partial charge in [-0.2, -0.15) is 0 Å². The first-order valence-corrected chi connectivity index (χ1v) is 6.47. The van der Waals surface area contributed by atoms with E-state index in [1.807, 2.05) is 18.4 Å². The van der Waals surface area contributed by atoms with Gasteiger partial charge in [0.25, 0.3) is 5.69 Å². The molecule has 0 bridgehead atoms. The van der Waals surface area contributed by atoms with Crippen LogP contribution in [0.3, 0.4) is 0 Å². The first-order valence-electron chi connectivity index (χ1n) is 5.59. The Morgan fingerprint density at radius 3 is 2.72 bits per heavy atom. The third-order valence-electron chi connectivity index (χ3n) is 2.69. The molecule has 0 atom stereocenters. The second-order valence-electron chi connectivity index (χ2n) is 4.19. The normalized spacial score (nSPS) is 10.3. The van der Waals surface area contributed by atoms with Gasteiger partial charge in [-0.15, -0.1) is 11.3 Å². The van der Waals surface area contributed by atoms with E-state index < -0.39 is 0 Å². The van der Waals surface area contributed by atoms with Crippen molar-refractivity contribution in [1.29, 1.82) is 0 Å². The number of anilines is 1. The zero-order chi connectivity index (χ0) is 13.1. The van der Waals surface area contributed by atoms with Crippen LogP contribution in [0.5, 0.6) is 0 Å². The number of nitrogens with zero attached hydrogens (tertiary/aromatic N) is 1. The number of nitro groups is 1. The van der Waals surface area contributed by atoms with E-state index in [-0.39, 0.29) is 10.6 Å². The molecule has 94 valence electrons. The highest BCUT2D eigenvalue weighted by Crippen LogP contribution is 2.22. The van der Waals surface area contributed by atoms with Gasteiger partial charge in [-0.3, -0.25) is 10.1 Å². The summed E-state index contributed by atoms with van der Waals surface area (Å²) in [5.74, 6) is 0. The number of rotatable bonds is 4. The van der Waals surface area contributed by atoms with Gasteiger partial charge in [0.15, 0.2) is 0 Å². The maximum Gasteiger partial charge on any atom is 0.271 e. The summed E-state index contributed by atoms with van der Waals surface area (Å²) in [5.41, 5.74) is 3.04. The predicted octanol–water partition coefficient (Wildman–Crippen LogP) is 3.89. The average Bonchev–Trinajstić information content (AvgIpc) is 2.71. The first-order chi connectivity index (χ1) is 8.56. The van der Waals surface area contributed by atoms with Crippen molar-refractivity contribution in [3.63, 3.8) is 0 Å². The molecule has 1 heterocycles. The van der Waals surface area contributed by atoms with Gasteiger partial charge in [-0.25, -0.2) is 0 Å². The monoisotopic (exact) mass is 262 g/mol. The Hall–Kier alpha value is -1.88. The molecule has 0 aliphatic heterocycles. The molecule has 0 fully saturated rings. The molecule has 0 aliphatic carbocycles. The van der Waals surface area contributed by atoms with Crippen LogP contribution in [-0.4, -0.2) is 4.92 Å². The second-order valence-corrected chi connectivity index (χ2v) is 5.20. The molecule has 0 spiro atoms. The number of hydrogen-bond acceptors (Lipinski definition) is 4. The van der Waals surface area contributed by atoms with Gasteiger partial charge < -0.3 is 5.32 Å². The average molecular weight is 262 g/mol. The first kappa shape index (κ1) is 12.6. The number of thiophene rings is 1. The summed E-state index contributed by atoms with van der Waals surface area (Å²) in [5, 5.41) is 16.0. The quantitative estimate of drug-likeness (QED) is 0.672. The Morgan fingerprint density at radius 1 is 1.33 bits per heavy atom. The molecule has 0 unspecified atom stereocenters. The van der Waals surface area contributed by atoms with Gasteiger partial charge in [0.05, 0.1) is 4.92 Å². The molecule has 2 rings (SSSR count). The highest BCUT2D eigenvalue weighted by Gasteiger charge is 2.08. The minimum atomic E-state index is -0.366. The molecule has 1 N–H and O–H groups in total. The van der Waals surface area contributed by atoms with E-state index in [1.54, 1.807) is 23.5 Å². The van der Waals surface area contributed by atoms with Crippen LogP contribution >= 0.6 is 11.3 Å². The Labute approximate surface area is 109 Å². The largest absolute Gasteiger partial charge is 0.380 e. The van der Waals surface area contributed by atoms with E-state index in [0.29, 0.717) is 6.54 Å². The highest BCUT2D eigenvalue weighted by molar-refractivity contribution is 7.10. The zero-order valence-electron chi connectivity index (χ0n) is 10.3. The summed E-state index contributed by atoms with van der Waals surface area (Å²) in [6, 6.07) is 7.12. The Balaban J connectivity index is 2.14. The van der Waals surface area contributed by atoms with Gasteiger partial charge in [-0.1, -0.05) is 0 Å². The lowest BCUT2D eigenvalue weighted by molar-refractivity contribution is -0.384. The summed E-state index contributed by atoms with van der Waals surface area (Å²) < 4.78 is 0. The van der Waals surface area contributed by atoms with Crippen LogP contribution in [0.2, 0.25) is 0 Å². The SMILES string of the molecule is Cc1cc(NCc2sccc2C)cc([N+](=O)[O-])c1. The molecule has 4 nitrogen and oxygen atoms in total. The van der Waals surface area contributed by atoms with Crippen LogP contribution in [0.4, 0.5) is 11.4 Å². The summed E-state index contributed by atoms with van der Waals surface area (Å²) in [7, 11) is 0. The molecule has 18 heavy (non-hydrogen) atoms.